The molecule has 4 N–H and O–H groups in total. The number of nitrogens with zero attached hydrogens (tertiary/aromatic N) is 1. The van der Waals surface area contributed by atoms with Gasteiger partial charge in [-0.1, -0.05) is 39.0 Å². The average molecular weight is 370 g/mol. The van der Waals surface area contributed by atoms with Crippen molar-refractivity contribution in [2.24, 2.45) is 10.9 Å². The molecular formula is C17H25NO6P+. The van der Waals surface area contributed by atoms with Gasteiger partial charge in [0.25, 0.3) is 0 Å². The Kier molecular flexibility index (Phi) is 7.23. The lowest BCUT2D eigenvalue weighted by Crippen LogP contribution is -2.21. The number of benzene rings is 1. The van der Waals surface area contributed by atoms with Crippen molar-refractivity contribution in [2.75, 3.05) is 6.16 Å². The molecule has 0 saturated heterocycles. The van der Waals surface area contributed by atoms with Crippen molar-refractivity contribution >= 4 is 31.3 Å². The van der Waals surface area contributed by atoms with Crippen LogP contribution >= 0.6 is 7.72 Å². The average Bonchev–Trinajstić information content (AvgIpc) is 2.48. The van der Waals surface area contributed by atoms with E-state index in [4.69, 9.17) is 10.2 Å². The van der Waals surface area contributed by atoms with E-state index in [1.807, 2.05) is 32.9 Å². The fourth-order valence-corrected chi connectivity index (χ4v) is 3.73. The van der Waals surface area contributed by atoms with Gasteiger partial charge in [-0.15, -0.1) is 0 Å². The maximum Gasteiger partial charge on any atom is 0.312 e. The van der Waals surface area contributed by atoms with Crippen molar-refractivity contribution in [1.29, 1.82) is 0 Å². The van der Waals surface area contributed by atoms with Gasteiger partial charge in [-0.3, -0.25) is 9.59 Å². The number of carboxylic acid groups (broad SMARTS) is 2. The summed E-state index contributed by atoms with van der Waals surface area (Å²) in [4.78, 5) is 46.3. The van der Waals surface area contributed by atoms with Crippen LogP contribution in [0.3, 0.4) is 0 Å². The highest BCUT2D eigenvalue weighted by molar-refractivity contribution is 7.79. The molecular weight excluding hydrogens is 345 g/mol. The lowest BCUT2D eigenvalue weighted by Gasteiger charge is -2.20. The van der Waals surface area contributed by atoms with Crippen LogP contribution in [-0.4, -0.2) is 44.1 Å². The second-order valence-electron chi connectivity index (χ2n) is 6.95. The van der Waals surface area contributed by atoms with Crippen molar-refractivity contribution in [3.8, 4) is 0 Å². The molecule has 1 aromatic carbocycles. The van der Waals surface area contributed by atoms with Gasteiger partial charge in [0.1, 0.15) is 6.16 Å². The Morgan fingerprint density at radius 1 is 1.20 bits per heavy atom. The third-order valence-corrected chi connectivity index (χ3v) is 5.10. The fraction of sp³-hybridized carbons (Fsp3) is 0.471. The molecule has 0 aliphatic rings. The summed E-state index contributed by atoms with van der Waals surface area (Å²) in [5.41, 5.74) is 1.32. The molecule has 1 rings (SSSR count). The lowest BCUT2D eigenvalue weighted by molar-refractivity contribution is -0.142. The molecule has 0 bridgehead atoms. The van der Waals surface area contributed by atoms with Crippen molar-refractivity contribution < 1.29 is 29.6 Å². The Labute approximate surface area is 147 Å². The van der Waals surface area contributed by atoms with Crippen LogP contribution in [0.2, 0.25) is 0 Å². The minimum absolute atomic E-state index is 0.167. The first kappa shape index (κ1) is 21.2. The van der Waals surface area contributed by atoms with Crippen LogP contribution < -0.4 is 0 Å². The van der Waals surface area contributed by atoms with Gasteiger partial charge < -0.3 is 10.2 Å². The smallest absolute Gasteiger partial charge is 0.312 e. The van der Waals surface area contributed by atoms with Gasteiger partial charge in [-0.05, 0) is 23.5 Å². The van der Waals surface area contributed by atoms with E-state index in [9.17, 15) is 19.4 Å². The van der Waals surface area contributed by atoms with E-state index >= 15 is 0 Å². The molecule has 0 aromatic heterocycles. The predicted molar refractivity (Wildman–Crippen MR) is 97.5 cm³/mol. The molecule has 0 fully saturated rings. The monoisotopic (exact) mass is 370 g/mol. The minimum Gasteiger partial charge on any atom is -0.481 e. The molecule has 0 spiro atoms. The van der Waals surface area contributed by atoms with Gasteiger partial charge in [0.05, 0.1) is 11.6 Å². The normalized spacial score (nSPS) is 13.8. The standard InChI is InChI=1S/C17H24NO6P/c1-17(2,3)13-6-4-5-7-14(13)18-11-25(23,24)10-12(16(21)22)8-9-15(19)20/h4-7,11-12,23-24H,8-10H2,1-3H3,(H-,19,20,21,22)/p+1. The summed E-state index contributed by atoms with van der Waals surface area (Å²) in [5, 5.41) is 17.8. The van der Waals surface area contributed by atoms with Gasteiger partial charge >= 0.3 is 19.7 Å². The zero-order valence-electron chi connectivity index (χ0n) is 14.6. The summed E-state index contributed by atoms with van der Waals surface area (Å²) < 4.78 is 0. The van der Waals surface area contributed by atoms with Gasteiger partial charge in [-0.25, -0.2) is 14.8 Å². The van der Waals surface area contributed by atoms with Crippen LogP contribution in [0.5, 0.6) is 0 Å². The summed E-state index contributed by atoms with van der Waals surface area (Å²) in [5.74, 6) is -2.52. The number of aliphatic carboxylic acids is 2. The maximum absolute atomic E-state index is 11.2. The molecule has 8 heteroatoms. The second-order valence-corrected chi connectivity index (χ2v) is 9.12. The van der Waals surface area contributed by atoms with Gasteiger partial charge in [0.2, 0.25) is 5.96 Å². The van der Waals surface area contributed by atoms with Crippen LogP contribution in [-0.2, 0) is 15.0 Å². The summed E-state index contributed by atoms with van der Waals surface area (Å²) in [7, 11) is -3.72. The van der Waals surface area contributed by atoms with Crippen LogP contribution in [0.15, 0.2) is 29.3 Å². The maximum atomic E-state index is 11.2. The summed E-state index contributed by atoms with van der Waals surface area (Å²) in [6, 6.07) is 7.29. The number of hydrogen-bond donors (Lipinski definition) is 4. The molecule has 25 heavy (non-hydrogen) atoms. The van der Waals surface area contributed by atoms with Crippen molar-refractivity contribution in [1.82, 2.24) is 0 Å². The first-order chi connectivity index (χ1) is 11.4. The molecule has 7 nitrogen and oxygen atoms in total. The van der Waals surface area contributed by atoms with Gasteiger partial charge in [0.15, 0.2) is 0 Å². The zero-order chi connectivity index (χ0) is 19.3. The first-order valence-corrected chi connectivity index (χ1v) is 9.80. The molecule has 0 aliphatic carbocycles. The molecule has 1 unspecified atom stereocenters. The summed E-state index contributed by atoms with van der Waals surface area (Å²) in [6.45, 7) is 6.02. The zero-order valence-corrected chi connectivity index (χ0v) is 15.5. The van der Waals surface area contributed by atoms with E-state index in [0.717, 1.165) is 11.5 Å². The van der Waals surface area contributed by atoms with Crippen LogP contribution in [0, 0.1) is 5.92 Å². The Balaban J connectivity index is 2.94. The van der Waals surface area contributed by atoms with Gasteiger partial charge in [-0.2, -0.15) is 0 Å². The van der Waals surface area contributed by atoms with E-state index in [1.165, 1.54) is 0 Å². The quantitative estimate of drug-likeness (QED) is 0.411. The third-order valence-electron chi connectivity index (χ3n) is 3.64. The van der Waals surface area contributed by atoms with E-state index in [1.54, 1.807) is 12.1 Å². The molecule has 0 heterocycles. The first-order valence-electron chi connectivity index (χ1n) is 7.85. The van der Waals surface area contributed by atoms with E-state index in [0.29, 0.717) is 5.69 Å². The Hall–Kier alpha value is -1.82. The van der Waals surface area contributed by atoms with Crippen molar-refractivity contribution in [3.05, 3.63) is 29.8 Å². The molecule has 0 saturated carbocycles. The number of aliphatic imine (C=N–C) groups is 1. The number of carboxylic acids is 2. The molecule has 0 radical (unpaired) electrons. The molecule has 0 amide bonds. The highest BCUT2D eigenvalue weighted by atomic mass is 31.2. The van der Waals surface area contributed by atoms with E-state index < -0.39 is 31.7 Å². The third kappa shape index (κ3) is 7.30. The number of rotatable bonds is 8. The SMILES string of the molecule is CC(C)(C)c1ccccc1N=C[P+](O)(O)CC(CCC(=O)O)C(=O)O. The Morgan fingerprint density at radius 2 is 1.80 bits per heavy atom. The topological polar surface area (TPSA) is 127 Å². The predicted octanol–water partition coefficient (Wildman–Crippen LogP) is 3.04. The van der Waals surface area contributed by atoms with E-state index in [-0.39, 0.29) is 18.3 Å². The van der Waals surface area contributed by atoms with Crippen molar-refractivity contribution in [2.45, 2.75) is 39.0 Å². The number of hydrogen-bond acceptors (Lipinski definition) is 5. The summed E-state index contributed by atoms with van der Waals surface area (Å²) in [6.07, 6.45) is -0.947. The summed E-state index contributed by atoms with van der Waals surface area (Å²) >= 11 is 0. The molecule has 1 aromatic rings. The highest BCUT2D eigenvalue weighted by Gasteiger charge is 2.38. The minimum atomic E-state index is -3.72. The van der Waals surface area contributed by atoms with Gasteiger partial charge in [0, 0.05) is 6.42 Å². The fourth-order valence-electron chi connectivity index (χ4n) is 2.34. The van der Waals surface area contributed by atoms with E-state index in [2.05, 4.69) is 4.99 Å². The molecule has 138 valence electrons. The van der Waals surface area contributed by atoms with Crippen LogP contribution in [0.4, 0.5) is 5.69 Å². The Morgan fingerprint density at radius 3 is 2.32 bits per heavy atom. The second kappa shape index (κ2) is 8.52. The van der Waals surface area contributed by atoms with Crippen molar-refractivity contribution in [3.63, 3.8) is 0 Å². The lowest BCUT2D eigenvalue weighted by atomic mass is 9.86. The molecule has 1 atom stereocenters. The Bertz CT molecular complexity index is 651. The van der Waals surface area contributed by atoms with Crippen LogP contribution in [0.25, 0.3) is 0 Å². The highest BCUT2D eigenvalue weighted by Crippen LogP contribution is 2.50. The number of carbonyl (C=O) groups is 2. The molecule has 0 aliphatic heterocycles. The largest absolute Gasteiger partial charge is 0.481 e. The number of para-hydroxylation sites is 1. The van der Waals surface area contributed by atoms with Crippen LogP contribution in [0.1, 0.15) is 39.2 Å².